The van der Waals surface area contributed by atoms with Crippen LogP contribution in [0, 0.1) is 0 Å². The lowest BCUT2D eigenvalue weighted by molar-refractivity contribution is -0.140. The molecule has 0 saturated carbocycles. The van der Waals surface area contributed by atoms with Gasteiger partial charge in [-0.25, -0.2) is 4.79 Å². The smallest absolute Gasteiger partial charge is 0.327 e. The molecule has 108 valence electrons. The van der Waals surface area contributed by atoms with E-state index in [0.29, 0.717) is 5.69 Å². The van der Waals surface area contributed by atoms with E-state index in [4.69, 9.17) is 0 Å². The fraction of sp³-hybridized carbons (Fsp3) is 0.176. The number of carbonyl (C=O) groups is 2. The summed E-state index contributed by atoms with van der Waals surface area (Å²) >= 11 is 0. The van der Waals surface area contributed by atoms with Crippen LogP contribution in [0.5, 0.6) is 0 Å². The highest BCUT2D eigenvalue weighted by atomic mass is 16.4. The summed E-state index contributed by atoms with van der Waals surface area (Å²) in [5.74, 6) is -1.30. The van der Waals surface area contributed by atoms with Crippen LogP contribution in [0.1, 0.15) is 12.5 Å². The monoisotopic (exact) mass is 283 g/mol. The first-order chi connectivity index (χ1) is 10.1. The molecule has 2 rings (SSSR count). The topological polar surface area (TPSA) is 57.6 Å². The Kier molecular flexibility index (Phi) is 4.72. The summed E-state index contributed by atoms with van der Waals surface area (Å²) in [5, 5.41) is 9.52. The zero-order chi connectivity index (χ0) is 15.2. The maximum absolute atomic E-state index is 11.9. The second kappa shape index (κ2) is 6.70. The predicted molar refractivity (Wildman–Crippen MR) is 81.2 cm³/mol. The number of anilines is 1. The van der Waals surface area contributed by atoms with E-state index < -0.39 is 12.0 Å². The highest BCUT2D eigenvalue weighted by Crippen LogP contribution is 2.19. The minimum atomic E-state index is -1.02. The molecule has 0 heterocycles. The second-order valence-electron chi connectivity index (χ2n) is 4.77. The fourth-order valence-electron chi connectivity index (χ4n) is 2.30. The third-order valence-corrected chi connectivity index (χ3v) is 3.24. The lowest BCUT2D eigenvalue weighted by Crippen LogP contribution is -2.45. The summed E-state index contributed by atoms with van der Waals surface area (Å²) in [6.45, 7) is 1.38. The number of hydrogen-bond donors (Lipinski definition) is 1. The number of carbonyl (C=O) groups excluding carboxylic acids is 1. The first-order valence-corrected chi connectivity index (χ1v) is 6.71. The van der Waals surface area contributed by atoms with Crippen LogP contribution in [0.3, 0.4) is 0 Å². The molecule has 4 nitrogen and oxygen atoms in total. The van der Waals surface area contributed by atoms with Crippen LogP contribution in [-0.4, -0.2) is 23.0 Å². The van der Waals surface area contributed by atoms with E-state index in [1.165, 1.54) is 11.8 Å². The number of rotatable bonds is 5. The number of amides is 1. The summed E-state index contributed by atoms with van der Waals surface area (Å²) < 4.78 is 0. The Morgan fingerprint density at radius 1 is 1.00 bits per heavy atom. The van der Waals surface area contributed by atoms with Crippen molar-refractivity contribution in [2.24, 2.45) is 0 Å². The van der Waals surface area contributed by atoms with Crippen LogP contribution in [0.4, 0.5) is 5.69 Å². The Morgan fingerprint density at radius 2 is 1.52 bits per heavy atom. The molecule has 1 N–H and O–H groups in total. The number of hydrogen-bond acceptors (Lipinski definition) is 2. The van der Waals surface area contributed by atoms with E-state index >= 15 is 0 Å². The quantitative estimate of drug-likeness (QED) is 0.918. The SMILES string of the molecule is CC(=O)N(c1ccccc1)C(Cc1ccccc1)C(=O)O. The average Bonchev–Trinajstić information content (AvgIpc) is 2.48. The van der Waals surface area contributed by atoms with Gasteiger partial charge in [0.05, 0.1) is 0 Å². The normalized spacial score (nSPS) is 11.7. The van der Waals surface area contributed by atoms with Gasteiger partial charge < -0.3 is 5.11 Å². The van der Waals surface area contributed by atoms with Gasteiger partial charge in [0, 0.05) is 19.0 Å². The molecule has 0 saturated heterocycles. The summed E-state index contributed by atoms with van der Waals surface area (Å²) in [4.78, 5) is 24.9. The van der Waals surface area contributed by atoms with Crippen LogP contribution in [0.15, 0.2) is 60.7 Å². The summed E-state index contributed by atoms with van der Waals surface area (Å²) in [6, 6.07) is 17.3. The van der Waals surface area contributed by atoms with Gasteiger partial charge in [0.2, 0.25) is 5.91 Å². The molecule has 1 amide bonds. The van der Waals surface area contributed by atoms with Crippen LogP contribution >= 0.6 is 0 Å². The van der Waals surface area contributed by atoms with E-state index in [0.717, 1.165) is 5.56 Å². The Hall–Kier alpha value is -2.62. The molecule has 0 aliphatic rings. The first kappa shape index (κ1) is 14.8. The predicted octanol–water partition coefficient (Wildman–Crippen LogP) is 2.74. The van der Waals surface area contributed by atoms with Crippen LogP contribution in [0.25, 0.3) is 0 Å². The number of benzene rings is 2. The van der Waals surface area contributed by atoms with Gasteiger partial charge in [-0.1, -0.05) is 48.5 Å². The Balaban J connectivity index is 2.34. The lowest BCUT2D eigenvalue weighted by Gasteiger charge is -2.28. The molecule has 0 aliphatic carbocycles. The van der Waals surface area contributed by atoms with E-state index in [1.807, 2.05) is 36.4 Å². The van der Waals surface area contributed by atoms with Crippen LogP contribution in [-0.2, 0) is 16.0 Å². The van der Waals surface area contributed by atoms with E-state index in [-0.39, 0.29) is 12.3 Å². The number of carboxylic acids is 1. The van der Waals surface area contributed by atoms with Gasteiger partial charge in [0.15, 0.2) is 0 Å². The van der Waals surface area contributed by atoms with Crippen molar-refractivity contribution in [1.29, 1.82) is 0 Å². The van der Waals surface area contributed by atoms with Crippen molar-refractivity contribution >= 4 is 17.6 Å². The Bertz CT molecular complexity index is 610. The summed E-state index contributed by atoms with van der Waals surface area (Å²) in [6.07, 6.45) is 0.268. The summed E-state index contributed by atoms with van der Waals surface area (Å²) in [5.41, 5.74) is 1.47. The van der Waals surface area contributed by atoms with E-state index in [2.05, 4.69) is 0 Å². The van der Waals surface area contributed by atoms with Gasteiger partial charge in [-0.2, -0.15) is 0 Å². The molecule has 1 unspecified atom stereocenters. The highest BCUT2D eigenvalue weighted by molar-refractivity contribution is 5.97. The molecule has 0 bridgehead atoms. The average molecular weight is 283 g/mol. The molecule has 0 spiro atoms. The van der Waals surface area contributed by atoms with Crippen LogP contribution < -0.4 is 4.90 Å². The zero-order valence-corrected chi connectivity index (χ0v) is 11.8. The number of carboxylic acid groups (broad SMARTS) is 1. The lowest BCUT2D eigenvalue weighted by atomic mass is 10.0. The molecule has 2 aromatic rings. The molecule has 0 fully saturated rings. The van der Waals surface area contributed by atoms with Crippen LogP contribution in [0.2, 0.25) is 0 Å². The van der Waals surface area contributed by atoms with Crippen molar-refractivity contribution in [2.45, 2.75) is 19.4 Å². The van der Waals surface area contributed by atoms with Crippen molar-refractivity contribution in [2.75, 3.05) is 4.90 Å². The van der Waals surface area contributed by atoms with Gasteiger partial charge in [-0.05, 0) is 17.7 Å². The number of para-hydroxylation sites is 1. The van der Waals surface area contributed by atoms with Crippen molar-refractivity contribution in [3.63, 3.8) is 0 Å². The molecule has 4 heteroatoms. The molecular formula is C17H17NO3. The zero-order valence-electron chi connectivity index (χ0n) is 11.8. The van der Waals surface area contributed by atoms with Crippen molar-refractivity contribution < 1.29 is 14.7 Å². The number of nitrogens with zero attached hydrogens (tertiary/aromatic N) is 1. The highest BCUT2D eigenvalue weighted by Gasteiger charge is 2.29. The minimum absolute atomic E-state index is 0.268. The van der Waals surface area contributed by atoms with Gasteiger partial charge in [0.25, 0.3) is 0 Å². The molecule has 0 radical (unpaired) electrons. The molecule has 0 aromatic heterocycles. The van der Waals surface area contributed by atoms with E-state index in [9.17, 15) is 14.7 Å². The third-order valence-electron chi connectivity index (χ3n) is 3.24. The first-order valence-electron chi connectivity index (χ1n) is 6.71. The maximum Gasteiger partial charge on any atom is 0.327 e. The standard InChI is InChI=1S/C17H17NO3/c1-13(19)18(15-10-6-3-7-11-15)16(17(20)21)12-14-8-4-2-5-9-14/h2-11,16H,12H2,1H3,(H,20,21). The second-order valence-corrected chi connectivity index (χ2v) is 4.77. The number of aliphatic carboxylic acids is 1. The van der Waals surface area contributed by atoms with Gasteiger partial charge in [-0.3, -0.25) is 9.69 Å². The fourth-order valence-corrected chi connectivity index (χ4v) is 2.30. The van der Waals surface area contributed by atoms with E-state index in [1.54, 1.807) is 24.3 Å². The van der Waals surface area contributed by atoms with Crippen molar-refractivity contribution in [3.05, 3.63) is 66.2 Å². The maximum atomic E-state index is 11.9. The largest absolute Gasteiger partial charge is 0.480 e. The third kappa shape index (κ3) is 3.69. The Labute approximate surface area is 123 Å². The molecule has 0 aliphatic heterocycles. The van der Waals surface area contributed by atoms with Gasteiger partial charge >= 0.3 is 5.97 Å². The molecule has 2 aromatic carbocycles. The summed E-state index contributed by atoms with van der Waals surface area (Å²) in [7, 11) is 0. The van der Waals surface area contributed by atoms with Gasteiger partial charge in [-0.15, -0.1) is 0 Å². The van der Waals surface area contributed by atoms with Crippen molar-refractivity contribution in [3.8, 4) is 0 Å². The molecular weight excluding hydrogens is 266 g/mol. The molecule has 1 atom stereocenters. The Morgan fingerprint density at radius 3 is 2.00 bits per heavy atom. The van der Waals surface area contributed by atoms with Gasteiger partial charge in [0.1, 0.15) is 6.04 Å². The molecule has 21 heavy (non-hydrogen) atoms. The minimum Gasteiger partial charge on any atom is -0.480 e. The van der Waals surface area contributed by atoms with Crippen molar-refractivity contribution in [1.82, 2.24) is 0 Å².